The van der Waals surface area contributed by atoms with Crippen LogP contribution in [0.25, 0.3) is 4.85 Å². The molecule has 1 heterocycles. The Morgan fingerprint density at radius 1 is 1.32 bits per heavy atom. The van der Waals surface area contributed by atoms with E-state index >= 15 is 0 Å². The third-order valence-electron chi connectivity index (χ3n) is 5.17. The molecule has 0 atom stereocenters. The van der Waals surface area contributed by atoms with Crippen LogP contribution in [-0.4, -0.2) is 17.4 Å². The zero-order valence-corrected chi connectivity index (χ0v) is 17.0. The van der Waals surface area contributed by atoms with Crippen LogP contribution in [0.4, 0.5) is 17.2 Å². The minimum atomic E-state index is -0.0564. The van der Waals surface area contributed by atoms with E-state index in [0.717, 1.165) is 17.8 Å². The van der Waals surface area contributed by atoms with Crippen LogP contribution in [0, 0.1) is 12.5 Å². The Morgan fingerprint density at radius 3 is 2.71 bits per heavy atom. The number of hydrogen-bond acceptors (Lipinski definition) is 3. The zero-order chi connectivity index (χ0) is 20.1. The molecule has 2 aromatic rings. The molecular weight excluding hydrogens is 372 g/mol. The van der Waals surface area contributed by atoms with E-state index in [0.29, 0.717) is 28.0 Å². The second kappa shape index (κ2) is 9.07. The number of rotatable bonds is 6. The lowest BCUT2D eigenvalue weighted by molar-refractivity contribution is 0.0945. The molecule has 1 aliphatic rings. The van der Waals surface area contributed by atoms with Crippen molar-refractivity contribution < 1.29 is 4.79 Å². The highest BCUT2D eigenvalue weighted by Gasteiger charge is 2.19. The zero-order valence-electron chi connectivity index (χ0n) is 16.3. The number of amides is 1. The normalized spacial score (nSPS) is 14.1. The molecule has 1 saturated carbocycles. The van der Waals surface area contributed by atoms with Crippen molar-refractivity contribution in [2.45, 2.75) is 45.4 Å². The predicted octanol–water partition coefficient (Wildman–Crippen LogP) is 6.07. The summed E-state index contributed by atoms with van der Waals surface area (Å²) in [7, 11) is 0. The van der Waals surface area contributed by atoms with Crippen molar-refractivity contribution in [3.63, 3.8) is 0 Å². The number of carbonyl (C=O) groups is 1. The third kappa shape index (κ3) is 4.82. The van der Waals surface area contributed by atoms with Crippen molar-refractivity contribution in [1.29, 1.82) is 0 Å². The van der Waals surface area contributed by atoms with Gasteiger partial charge in [0.15, 0.2) is 0 Å². The molecule has 5 nitrogen and oxygen atoms in total. The molecule has 1 aromatic heterocycles. The van der Waals surface area contributed by atoms with Gasteiger partial charge in [-0.25, -0.2) is 9.83 Å². The van der Waals surface area contributed by atoms with Crippen LogP contribution < -0.4 is 10.6 Å². The van der Waals surface area contributed by atoms with Gasteiger partial charge in [-0.05, 0) is 48.4 Å². The molecule has 0 unspecified atom stereocenters. The van der Waals surface area contributed by atoms with Crippen molar-refractivity contribution in [3.8, 4) is 0 Å². The summed E-state index contributed by atoms with van der Waals surface area (Å²) >= 11 is 6.11. The summed E-state index contributed by atoms with van der Waals surface area (Å²) in [5.41, 5.74) is 2.74. The molecule has 1 amide bonds. The molecule has 28 heavy (non-hydrogen) atoms. The van der Waals surface area contributed by atoms with E-state index in [2.05, 4.69) is 34.3 Å². The van der Waals surface area contributed by atoms with Gasteiger partial charge in [0.1, 0.15) is 5.82 Å². The summed E-state index contributed by atoms with van der Waals surface area (Å²) in [6, 6.07) is 7.07. The van der Waals surface area contributed by atoms with E-state index in [4.69, 9.17) is 18.2 Å². The molecule has 1 fully saturated rings. The highest BCUT2D eigenvalue weighted by Crippen LogP contribution is 2.30. The number of nitrogens with one attached hydrogen (secondary N) is 2. The van der Waals surface area contributed by atoms with Gasteiger partial charge >= 0.3 is 0 Å². The van der Waals surface area contributed by atoms with Gasteiger partial charge in [-0.3, -0.25) is 4.79 Å². The molecule has 6 heteroatoms. The molecule has 1 aliphatic carbocycles. The SMILES string of the molecule is [C-]#[N+]c1ccc(Nc2cc(C(C)C)c(C(=O)NCC3CCCC3)cn2)cc1Cl. The number of benzene rings is 1. The molecule has 1 aromatic carbocycles. The van der Waals surface area contributed by atoms with Crippen LogP contribution in [0.3, 0.4) is 0 Å². The van der Waals surface area contributed by atoms with Crippen molar-refractivity contribution in [1.82, 2.24) is 10.3 Å². The Hall–Kier alpha value is -2.58. The van der Waals surface area contributed by atoms with Crippen LogP contribution in [0.1, 0.15) is 61.4 Å². The first-order valence-electron chi connectivity index (χ1n) is 9.70. The average molecular weight is 397 g/mol. The number of nitrogens with zero attached hydrogens (tertiary/aromatic N) is 2. The fraction of sp³-hybridized carbons (Fsp3) is 0.409. The van der Waals surface area contributed by atoms with Crippen molar-refractivity contribution >= 4 is 34.7 Å². The van der Waals surface area contributed by atoms with Gasteiger partial charge in [-0.1, -0.05) is 44.4 Å². The highest BCUT2D eigenvalue weighted by molar-refractivity contribution is 6.33. The summed E-state index contributed by atoms with van der Waals surface area (Å²) in [6.45, 7) is 11.9. The monoisotopic (exact) mass is 396 g/mol. The molecule has 3 rings (SSSR count). The van der Waals surface area contributed by atoms with Gasteiger partial charge in [0.25, 0.3) is 5.91 Å². The fourth-order valence-corrected chi connectivity index (χ4v) is 3.80. The first-order chi connectivity index (χ1) is 13.5. The number of halogens is 1. The van der Waals surface area contributed by atoms with Gasteiger partial charge < -0.3 is 10.6 Å². The maximum absolute atomic E-state index is 12.7. The van der Waals surface area contributed by atoms with E-state index < -0.39 is 0 Å². The van der Waals surface area contributed by atoms with Crippen molar-refractivity contribution in [3.05, 3.63) is 58.0 Å². The van der Waals surface area contributed by atoms with Crippen LogP contribution in [0.15, 0.2) is 30.5 Å². The highest BCUT2D eigenvalue weighted by atomic mass is 35.5. The van der Waals surface area contributed by atoms with Crippen molar-refractivity contribution in [2.75, 3.05) is 11.9 Å². The first-order valence-corrected chi connectivity index (χ1v) is 10.1. The summed E-state index contributed by atoms with van der Waals surface area (Å²) in [5, 5.41) is 6.68. The maximum Gasteiger partial charge on any atom is 0.253 e. The number of aromatic nitrogens is 1. The number of pyridine rings is 1. The van der Waals surface area contributed by atoms with E-state index in [-0.39, 0.29) is 11.8 Å². The lowest BCUT2D eigenvalue weighted by atomic mass is 9.98. The van der Waals surface area contributed by atoms with E-state index in [9.17, 15) is 4.79 Å². The van der Waals surface area contributed by atoms with Gasteiger partial charge in [0.05, 0.1) is 12.1 Å². The minimum Gasteiger partial charge on any atom is -0.352 e. The summed E-state index contributed by atoms with van der Waals surface area (Å²) in [5.74, 6) is 1.37. The van der Waals surface area contributed by atoms with Crippen LogP contribution in [0.5, 0.6) is 0 Å². The van der Waals surface area contributed by atoms with E-state index in [1.807, 2.05) is 6.07 Å². The molecule has 2 N–H and O–H groups in total. The quantitative estimate of drug-likeness (QED) is 0.582. The van der Waals surface area contributed by atoms with Crippen molar-refractivity contribution in [2.24, 2.45) is 5.92 Å². The standard InChI is InChI=1S/C22H25ClN4O/c1-14(2)17-11-21(27-16-8-9-20(24-3)19(23)10-16)25-13-18(17)22(28)26-12-15-6-4-5-7-15/h8-11,13-15H,4-7,12H2,1-2H3,(H,25,27)(H,26,28). The summed E-state index contributed by atoms with van der Waals surface area (Å²) in [6.07, 6.45) is 6.57. The van der Waals surface area contributed by atoms with Gasteiger partial charge in [0, 0.05) is 23.5 Å². The third-order valence-corrected chi connectivity index (χ3v) is 5.47. The Morgan fingerprint density at radius 2 is 2.07 bits per heavy atom. The Balaban J connectivity index is 1.75. The number of carbonyl (C=O) groups excluding carboxylic acids is 1. The van der Waals surface area contributed by atoms with E-state index in [1.54, 1.807) is 24.4 Å². The Labute approximate surface area is 171 Å². The molecular formula is C22H25ClN4O. The topological polar surface area (TPSA) is 58.4 Å². The second-order valence-electron chi connectivity index (χ2n) is 7.57. The predicted molar refractivity (Wildman–Crippen MR) is 114 cm³/mol. The number of hydrogen-bond donors (Lipinski definition) is 2. The smallest absolute Gasteiger partial charge is 0.253 e. The molecule has 146 valence electrons. The molecule has 0 aliphatic heterocycles. The lowest BCUT2D eigenvalue weighted by Gasteiger charge is -2.16. The van der Waals surface area contributed by atoms with Gasteiger partial charge in [0.2, 0.25) is 5.69 Å². The maximum atomic E-state index is 12.7. The average Bonchev–Trinajstić information content (AvgIpc) is 3.20. The summed E-state index contributed by atoms with van der Waals surface area (Å²) in [4.78, 5) is 20.5. The minimum absolute atomic E-state index is 0.0564. The van der Waals surface area contributed by atoms with Gasteiger partial charge in [-0.2, -0.15) is 0 Å². The largest absolute Gasteiger partial charge is 0.352 e. The number of anilines is 2. The molecule has 0 spiro atoms. The second-order valence-corrected chi connectivity index (χ2v) is 7.98. The lowest BCUT2D eigenvalue weighted by Crippen LogP contribution is -2.29. The van der Waals surface area contributed by atoms with E-state index in [1.165, 1.54) is 25.7 Å². The molecule has 0 radical (unpaired) electrons. The molecule has 0 saturated heterocycles. The fourth-order valence-electron chi connectivity index (χ4n) is 3.58. The Bertz CT molecular complexity index is 898. The van der Waals surface area contributed by atoms with Gasteiger partial charge in [-0.15, -0.1) is 0 Å². The van der Waals surface area contributed by atoms with Crippen LogP contribution >= 0.6 is 11.6 Å². The Kier molecular flexibility index (Phi) is 6.53. The first kappa shape index (κ1) is 20.2. The molecule has 0 bridgehead atoms. The summed E-state index contributed by atoms with van der Waals surface area (Å²) < 4.78 is 0. The van der Waals surface area contributed by atoms with Crippen LogP contribution in [0.2, 0.25) is 5.02 Å². The van der Waals surface area contributed by atoms with Crippen LogP contribution in [-0.2, 0) is 0 Å².